The second-order valence-corrected chi connectivity index (χ2v) is 10.7. The zero-order valence-corrected chi connectivity index (χ0v) is 21.8. The third-order valence-corrected chi connectivity index (χ3v) is 7.57. The van der Waals surface area contributed by atoms with E-state index in [1.54, 1.807) is 43.3 Å². The summed E-state index contributed by atoms with van der Waals surface area (Å²) in [6.45, 7) is 5.78. The SMILES string of the molecule is Cc1c(Cl)cccc1N(CC(=O)NCCCc1ccc(OC(C)C)cc1)S(=O)(=O)c1ccccc1. The van der Waals surface area contributed by atoms with Crippen LogP contribution < -0.4 is 14.4 Å². The van der Waals surface area contributed by atoms with Crippen LogP contribution in [-0.4, -0.2) is 33.5 Å². The molecule has 0 heterocycles. The van der Waals surface area contributed by atoms with Crippen molar-refractivity contribution in [1.82, 2.24) is 5.32 Å². The molecule has 0 aliphatic heterocycles. The largest absolute Gasteiger partial charge is 0.491 e. The Morgan fingerprint density at radius 1 is 1.00 bits per heavy atom. The first-order valence-electron chi connectivity index (χ1n) is 11.5. The van der Waals surface area contributed by atoms with E-state index in [0.29, 0.717) is 22.8 Å². The van der Waals surface area contributed by atoms with E-state index in [1.807, 2.05) is 38.1 Å². The maximum absolute atomic E-state index is 13.4. The highest BCUT2D eigenvalue weighted by molar-refractivity contribution is 7.92. The number of nitrogens with one attached hydrogen (secondary N) is 1. The van der Waals surface area contributed by atoms with E-state index in [0.717, 1.165) is 28.5 Å². The number of sulfonamides is 1. The number of aryl methyl sites for hydroxylation is 1. The molecule has 0 spiro atoms. The molecule has 3 aromatic carbocycles. The molecule has 35 heavy (non-hydrogen) atoms. The van der Waals surface area contributed by atoms with Gasteiger partial charge in [0.05, 0.1) is 16.7 Å². The molecular formula is C27H31ClN2O4S. The number of nitrogens with zero attached hydrogens (tertiary/aromatic N) is 1. The first kappa shape index (κ1) is 26.6. The summed E-state index contributed by atoms with van der Waals surface area (Å²) in [6, 6.07) is 21.0. The molecule has 8 heteroatoms. The molecule has 0 unspecified atom stereocenters. The van der Waals surface area contributed by atoms with Crippen molar-refractivity contribution < 1.29 is 17.9 Å². The van der Waals surface area contributed by atoms with Gasteiger partial charge in [0.1, 0.15) is 12.3 Å². The Balaban J connectivity index is 1.65. The lowest BCUT2D eigenvalue weighted by Gasteiger charge is -2.26. The highest BCUT2D eigenvalue weighted by Crippen LogP contribution is 2.30. The van der Waals surface area contributed by atoms with Gasteiger partial charge in [0.2, 0.25) is 5.91 Å². The lowest BCUT2D eigenvalue weighted by molar-refractivity contribution is -0.119. The number of amides is 1. The zero-order chi connectivity index (χ0) is 25.4. The number of hydrogen-bond acceptors (Lipinski definition) is 4. The van der Waals surface area contributed by atoms with Crippen LogP contribution in [0, 0.1) is 6.92 Å². The lowest BCUT2D eigenvalue weighted by Crippen LogP contribution is -2.41. The van der Waals surface area contributed by atoms with Crippen LogP contribution in [0.2, 0.25) is 5.02 Å². The minimum atomic E-state index is -3.97. The predicted molar refractivity (Wildman–Crippen MR) is 141 cm³/mol. The molecule has 0 aliphatic carbocycles. The minimum Gasteiger partial charge on any atom is -0.491 e. The van der Waals surface area contributed by atoms with E-state index >= 15 is 0 Å². The van der Waals surface area contributed by atoms with Gasteiger partial charge in [0.15, 0.2) is 0 Å². The minimum absolute atomic E-state index is 0.108. The highest BCUT2D eigenvalue weighted by Gasteiger charge is 2.28. The standard InChI is InChI=1S/C27H31ClN2O4S/c1-20(2)34-23-16-14-22(15-17-23)9-8-18-29-27(31)19-30(26-13-7-12-25(28)21(26)3)35(32,33)24-10-5-4-6-11-24/h4-7,10-17,20H,8-9,18-19H2,1-3H3,(H,29,31). The molecule has 0 saturated heterocycles. The highest BCUT2D eigenvalue weighted by atomic mass is 35.5. The van der Waals surface area contributed by atoms with E-state index in [2.05, 4.69) is 5.32 Å². The molecule has 0 radical (unpaired) electrons. The fraction of sp³-hybridized carbons (Fsp3) is 0.296. The number of carbonyl (C=O) groups is 1. The lowest BCUT2D eigenvalue weighted by atomic mass is 10.1. The fourth-order valence-corrected chi connectivity index (χ4v) is 5.27. The van der Waals surface area contributed by atoms with Gasteiger partial charge in [-0.3, -0.25) is 9.10 Å². The van der Waals surface area contributed by atoms with Gasteiger partial charge >= 0.3 is 0 Å². The van der Waals surface area contributed by atoms with Crippen molar-refractivity contribution in [2.45, 2.75) is 44.6 Å². The van der Waals surface area contributed by atoms with Crippen molar-refractivity contribution in [2.24, 2.45) is 0 Å². The maximum atomic E-state index is 13.4. The van der Waals surface area contributed by atoms with Crippen molar-refractivity contribution in [2.75, 3.05) is 17.4 Å². The third kappa shape index (κ3) is 7.23. The first-order chi connectivity index (χ1) is 16.7. The van der Waals surface area contributed by atoms with Gasteiger partial charge in [-0.15, -0.1) is 0 Å². The number of carbonyl (C=O) groups excluding carboxylic acids is 1. The van der Waals surface area contributed by atoms with Crippen LogP contribution in [-0.2, 0) is 21.2 Å². The molecule has 3 aromatic rings. The third-order valence-electron chi connectivity index (χ3n) is 5.39. The molecular weight excluding hydrogens is 484 g/mol. The molecule has 6 nitrogen and oxygen atoms in total. The molecule has 0 fully saturated rings. The van der Waals surface area contributed by atoms with E-state index in [4.69, 9.17) is 16.3 Å². The summed E-state index contributed by atoms with van der Waals surface area (Å²) in [4.78, 5) is 12.9. The van der Waals surface area contributed by atoms with Crippen LogP contribution in [0.15, 0.2) is 77.7 Å². The number of benzene rings is 3. The predicted octanol–water partition coefficient (Wildman–Crippen LogP) is 5.38. The summed E-state index contributed by atoms with van der Waals surface area (Å²) in [5, 5.41) is 3.28. The van der Waals surface area contributed by atoms with Gasteiger partial charge < -0.3 is 10.1 Å². The molecule has 1 amide bonds. The molecule has 186 valence electrons. The van der Waals surface area contributed by atoms with Crippen LogP contribution in [0.4, 0.5) is 5.69 Å². The maximum Gasteiger partial charge on any atom is 0.264 e. The number of anilines is 1. The molecule has 0 aromatic heterocycles. The van der Waals surface area contributed by atoms with Crippen molar-refractivity contribution in [3.05, 3.63) is 88.9 Å². The molecule has 0 saturated carbocycles. The van der Waals surface area contributed by atoms with Crippen LogP contribution in [0.5, 0.6) is 5.75 Å². The average Bonchev–Trinajstić information content (AvgIpc) is 2.83. The van der Waals surface area contributed by atoms with Crippen LogP contribution >= 0.6 is 11.6 Å². The van der Waals surface area contributed by atoms with Gasteiger partial charge in [0, 0.05) is 11.6 Å². The molecule has 0 aliphatic rings. The Kier molecular flexibility index (Phi) is 9.18. The Bertz CT molecular complexity index is 1230. The molecule has 0 atom stereocenters. The Morgan fingerprint density at radius 3 is 2.34 bits per heavy atom. The Morgan fingerprint density at radius 2 is 1.69 bits per heavy atom. The van der Waals surface area contributed by atoms with E-state index in [1.165, 1.54) is 12.1 Å². The normalized spacial score (nSPS) is 11.3. The Labute approximate surface area is 212 Å². The summed E-state index contributed by atoms with van der Waals surface area (Å²) >= 11 is 6.26. The number of halogens is 1. The smallest absolute Gasteiger partial charge is 0.264 e. The van der Waals surface area contributed by atoms with E-state index in [9.17, 15) is 13.2 Å². The molecule has 3 rings (SSSR count). The number of hydrogen-bond donors (Lipinski definition) is 1. The fourth-order valence-electron chi connectivity index (χ4n) is 3.60. The summed E-state index contributed by atoms with van der Waals surface area (Å²) < 4.78 is 33.6. The zero-order valence-electron chi connectivity index (χ0n) is 20.2. The van der Waals surface area contributed by atoms with Gasteiger partial charge in [-0.2, -0.15) is 0 Å². The second kappa shape index (κ2) is 12.1. The van der Waals surface area contributed by atoms with Crippen LogP contribution in [0.3, 0.4) is 0 Å². The van der Waals surface area contributed by atoms with Crippen LogP contribution in [0.1, 0.15) is 31.4 Å². The van der Waals surface area contributed by atoms with Crippen molar-refractivity contribution >= 4 is 33.2 Å². The van der Waals surface area contributed by atoms with Gasteiger partial charge in [-0.1, -0.05) is 48.0 Å². The van der Waals surface area contributed by atoms with Crippen molar-refractivity contribution in [3.63, 3.8) is 0 Å². The van der Waals surface area contributed by atoms with Gasteiger partial charge in [0.25, 0.3) is 10.0 Å². The number of rotatable bonds is 11. The summed E-state index contributed by atoms with van der Waals surface area (Å²) in [7, 11) is -3.97. The topological polar surface area (TPSA) is 75.7 Å². The summed E-state index contributed by atoms with van der Waals surface area (Å²) in [5.74, 6) is 0.442. The first-order valence-corrected chi connectivity index (χ1v) is 13.4. The van der Waals surface area contributed by atoms with E-state index < -0.39 is 10.0 Å². The molecule has 0 bridgehead atoms. The summed E-state index contributed by atoms with van der Waals surface area (Å²) in [5.41, 5.74) is 2.10. The van der Waals surface area contributed by atoms with Gasteiger partial charge in [-0.05, 0) is 81.1 Å². The second-order valence-electron chi connectivity index (χ2n) is 8.47. The Hall–Kier alpha value is -3.03. The van der Waals surface area contributed by atoms with Crippen molar-refractivity contribution in [3.8, 4) is 5.75 Å². The summed E-state index contributed by atoms with van der Waals surface area (Å²) in [6.07, 6.45) is 1.62. The monoisotopic (exact) mass is 514 g/mol. The van der Waals surface area contributed by atoms with Crippen LogP contribution in [0.25, 0.3) is 0 Å². The quantitative estimate of drug-likeness (QED) is 0.348. The average molecular weight is 515 g/mol. The number of ether oxygens (including phenoxy) is 1. The van der Waals surface area contributed by atoms with Gasteiger partial charge in [-0.25, -0.2) is 8.42 Å². The molecule has 1 N–H and O–H groups in total. The van der Waals surface area contributed by atoms with Crippen molar-refractivity contribution in [1.29, 1.82) is 0 Å². The van der Waals surface area contributed by atoms with E-state index in [-0.39, 0.29) is 23.5 Å².